The van der Waals surface area contributed by atoms with E-state index in [9.17, 15) is 0 Å². The van der Waals surface area contributed by atoms with E-state index in [4.69, 9.17) is 16.3 Å². The van der Waals surface area contributed by atoms with Crippen LogP contribution in [0.5, 0.6) is 5.75 Å². The lowest BCUT2D eigenvalue weighted by molar-refractivity contribution is 0.239. The van der Waals surface area contributed by atoms with Gasteiger partial charge < -0.3 is 10.1 Å². The van der Waals surface area contributed by atoms with Crippen LogP contribution in [0.3, 0.4) is 0 Å². The number of ether oxygens (including phenoxy) is 1. The molecule has 1 N–H and O–H groups in total. The van der Waals surface area contributed by atoms with Gasteiger partial charge in [-0.2, -0.15) is 0 Å². The normalized spacial score (nSPS) is 12.4. The fourth-order valence-corrected chi connectivity index (χ4v) is 2.37. The lowest BCUT2D eigenvalue weighted by atomic mass is 10.1. The zero-order chi connectivity index (χ0) is 15.2. The van der Waals surface area contributed by atoms with Crippen molar-refractivity contribution < 1.29 is 4.74 Å². The predicted octanol–water partition coefficient (Wildman–Crippen LogP) is 4.98. The summed E-state index contributed by atoms with van der Waals surface area (Å²) < 4.78 is 5.84. The Morgan fingerprint density at radius 2 is 1.81 bits per heavy atom. The Bertz CT molecular complexity index is 583. The number of halogens is 1. The topological polar surface area (TPSA) is 21.3 Å². The molecule has 0 amide bonds. The van der Waals surface area contributed by atoms with Crippen LogP contribution in [-0.4, -0.2) is 6.10 Å². The molecule has 2 nitrogen and oxygen atoms in total. The second-order valence-electron chi connectivity index (χ2n) is 5.43. The van der Waals surface area contributed by atoms with Crippen LogP contribution in [0.15, 0.2) is 48.5 Å². The first kappa shape index (κ1) is 15.9. The number of benzene rings is 2. The van der Waals surface area contributed by atoms with E-state index in [1.807, 2.05) is 50.2 Å². The molecule has 1 unspecified atom stereocenters. The van der Waals surface area contributed by atoms with E-state index in [0.29, 0.717) is 0 Å². The molecule has 0 aromatic heterocycles. The van der Waals surface area contributed by atoms with Gasteiger partial charge >= 0.3 is 0 Å². The quantitative estimate of drug-likeness (QED) is 0.813. The van der Waals surface area contributed by atoms with Crippen molar-refractivity contribution in [2.24, 2.45) is 0 Å². The Balaban J connectivity index is 2.02. The average Bonchev–Trinajstić information content (AvgIpc) is 2.45. The van der Waals surface area contributed by atoms with E-state index in [0.717, 1.165) is 17.3 Å². The summed E-state index contributed by atoms with van der Waals surface area (Å²) in [6.45, 7) is 6.98. The largest absolute Gasteiger partial charge is 0.491 e. The van der Waals surface area contributed by atoms with E-state index < -0.39 is 0 Å². The van der Waals surface area contributed by atoms with E-state index in [1.165, 1.54) is 11.1 Å². The highest BCUT2D eigenvalue weighted by Gasteiger charge is 2.08. The van der Waals surface area contributed by atoms with Gasteiger partial charge in [-0.05, 0) is 44.5 Å². The van der Waals surface area contributed by atoms with Crippen molar-refractivity contribution in [3.63, 3.8) is 0 Å². The molecule has 0 radical (unpaired) electrons. The number of hydrogen-bond donors (Lipinski definition) is 1. The SMILES string of the molecule is CC(C)Oc1ccccc1CNC(C)c1cccc(Cl)c1. The van der Waals surface area contributed by atoms with Gasteiger partial charge in [-0.25, -0.2) is 0 Å². The maximum absolute atomic E-state index is 6.04. The first-order valence-corrected chi connectivity index (χ1v) is 7.67. The summed E-state index contributed by atoms with van der Waals surface area (Å²) in [6.07, 6.45) is 0.177. The Hall–Kier alpha value is -1.51. The van der Waals surface area contributed by atoms with Crippen LogP contribution in [0.4, 0.5) is 0 Å². The average molecular weight is 304 g/mol. The van der Waals surface area contributed by atoms with Crippen molar-refractivity contribution in [2.45, 2.75) is 39.5 Å². The fraction of sp³-hybridized carbons (Fsp3) is 0.333. The van der Waals surface area contributed by atoms with Crippen molar-refractivity contribution in [2.75, 3.05) is 0 Å². The number of hydrogen-bond acceptors (Lipinski definition) is 2. The third-order valence-corrected chi connectivity index (χ3v) is 3.52. The van der Waals surface area contributed by atoms with Crippen molar-refractivity contribution in [1.82, 2.24) is 5.32 Å². The minimum absolute atomic E-state index is 0.177. The Morgan fingerprint density at radius 3 is 2.52 bits per heavy atom. The van der Waals surface area contributed by atoms with E-state index >= 15 is 0 Å². The molecule has 0 aliphatic heterocycles. The molecular formula is C18H22ClNO. The van der Waals surface area contributed by atoms with Crippen molar-refractivity contribution in [3.05, 3.63) is 64.7 Å². The summed E-state index contributed by atoms with van der Waals surface area (Å²) in [5, 5.41) is 4.29. The minimum atomic E-state index is 0.177. The minimum Gasteiger partial charge on any atom is -0.491 e. The molecule has 0 bridgehead atoms. The van der Waals surface area contributed by atoms with Crippen LogP contribution < -0.4 is 10.1 Å². The highest BCUT2D eigenvalue weighted by atomic mass is 35.5. The monoisotopic (exact) mass is 303 g/mol. The summed E-state index contributed by atoms with van der Waals surface area (Å²) in [7, 11) is 0. The van der Waals surface area contributed by atoms with Crippen LogP contribution in [0.2, 0.25) is 5.02 Å². The van der Waals surface area contributed by atoms with Gasteiger partial charge in [0.2, 0.25) is 0 Å². The number of nitrogens with one attached hydrogen (secondary N) is 1. The molecule has 0 spiro atoms. The predicted molar refractivity (Wildman–Crippen MR) is 88.9 cm³/mol. The Kier molecular flexibility index (Phi) is 5.66. The Labute approximate surface area is 132 Å². The maximum Gasteiger partial charge on any atom is 0.124 e. The van der Waals surface area contributed by atoms with Crippen LogP contribution in [-0.2, 0) is 6.54 Å². The molecule has 21 heavy (non-hydrogen) atoms. The van der Waals surface area contributed by atoms with Crippen LogP contribution in [0.1, 0.15) is 37.9 Å². The van der Waals surface area contributed by atoms with Gasteiger partial charge in [0.1, 0.15) is 5.75 Å². The standard InChI is InChI=1S/C18H22ClNO/c1-13(2)21-18-10-5-4-7-16(18)12-20-14(3)15-8-6-9-17(19)11-15/h4-11,13-14,20H,12H2,1-3H3. The van der Waals surface area contributed by atoms with E-state index in [1.54, 1.807) is 0 Å². The number of rotatable bonds is 6. The molecule has 2 aromatic rings. The van der Waals surface area contributed by atoms with Crippen LogP contribution >= 0.6 is 11.6 Å². The molecule has 112 valence electrons. The molecule has 0 heterocycles. The highest BCUT2D eigenvalue weighted by Crippen LogP contribution is 2.22. The second kappa shape index (κ2) is 7.48. The summed E-state index contributed by atoms with van der Waals surface area (Å²) in [5.41, 5.74) is 2.35. The molecule has 1 atom stereocenters. The molecular weight excluding hydrogens is 282 g/mol. The molecule has 2 aromatic carbocycles. The maximum atomic E-state index is 6.04. The van der Waals surface area contributed by atoms with Gasteiger partial charge in [-0.3, -0.25) is 0 Å². The second-order valence-corrected chi connectivity index (χ2v) is 5.87. The highest BCUT2D eigenvalue weighted by molar-refractivity contribution is 6.30. The third-order valence-electron chi connectivity index (χ3n) is 3.28. The zero-order valence-electron chi connectivity index (χ0n) is 12.8. The summed E-state index contributed by atoms with van der Waals surface area (Å²) in [4.78, 5) is 0. The van der Waals surface area contributed by atoms with Crippen molar-refractivity contribution >= 4 is 11.6 Å². The molecule has 0 fully saturated rings. The van der Waals surface area contributed by atoms with Gasteiger partial charge in [0.25, 0.3) is 0 Å². The molecule has 0 saturated carbocycles. The lowest BCUT2D eigenvalue weighted by Gasteiger charge is -2.18. The molecule has 0 aliphatic carbocycles. The van der Waals surface area contributed by atoms with Gasteiger partial charge in [-0.1, -0.05) is 41.9 Å². The first-order valence-electron chi connectivity index (χ1n) is 7.29. The smallest absolute Gasteiger partial charge is 0.124 e. The van der Waals surface area contributed by atoms with Crippen molar-refractivity contribution in [1.29, 1.82) is 0 Å². The summed E-state index contributed by atoms with van der Waals surface area (Å²) in [6, 6.07) is 16.3. The third kappa shape index (κ3) is 4.76. The summed E-state index contributed by atoms with van der Waals surface area (Å²) in [5.74, 6) is 0.943. The van der Waals surface area contributed by atoms with Crippen LogP contribution in [0.25, 0.3) is 0 Å². The van der Waals surface area contributed by atoms with Crippen molar-refractivity contribution in [3.8, 4) is 5.75 Å². The molecule has 0 saturated heterocycles. The van der Waals surface area contributed by atoms with Gasteiger partial charge in [-0.15, -0.1) is 0 Å². The summed E-state index contributed by atoms with van der Waals surface area (Å²) >= 11 is 6.04. The first-order chi connectivity index (χ1) is 10.1. The van der Waals surface area contributed by atoms with E-state index in [-0.39, 0.29) is 12.1 Å². The number of para-hydroxylation sites is 1. The van der Waals surface area contributed by atoms with Gasteiger partial charge in [0, 0.05) is 23.2 Å². The van der Waals surface area contributed by atoms with Crippen LogP contribution in [0, 0.1) is 0 Å². The molecule has 0 aliphatic rings. The molecule has 3 heteroatoms. The molecule has 2 rings (SSSR count). The zero-order valence-corrected chi connectivity index (χ0v) is 13.5. The fourth-order valence-electron chi connectivity index (χ4n) is 2.18. The lowest BCUT2D eigenvalue weighted by Crippen LogP contribution is -2.19. The van der Waals surface area contributed by atoms with E-state index in [2.05, 4.69) is 24.4 Å². The van der Waals surface area contributed by atoms with Gasteiger partial charge in [0.05, 0.1) is 6.10 Å². The Morgan fingerprint density at radius 1 is 1.05 bits per heavy atom. The van der Waals surface area contributed by atoms with Gasteiger partial charge in [0.15, 0.2) is 0 Å².